The Hall–Kier alpha value is -0.570. The van der Waals surface area contributed by atoms with Crippen molar-refractivity contribution in [2.45, 2.75) is 83.7 Å². The molecule has 3 nitrogen and oxygen atoms in total. The molecule has 0 aliphatic heterocycles. The second kappa shape index (κ2) is 7.13. The fourth-order valence-corrected chi connectivity index (χ4v) is 2.85. The highest BCUT2D eigenvalue weighted by Gasteiger charge is 2.32. The lowest BCUT2D eigenvalue weighted by Gasteiger charge is -2.30. The van der Waals surface area contributed by atoms with Crippen molar-refractivity contribution in [3.05, 3.63) is 0 Å². The van der Waals surface area contributed by atoms with E-state index in [0.717, 1.165) is 0 Å². The predicted molar refractivity (Wildman–Crippen MR) is 76.3 cm³/mol. The van der Waals surface area contributed by atoms with Gasteiger partial charge < -0.3 is 11.1 Å². The minimum atomic E-state index is -0.682. The van der Waals surface area contributed by atoms with Gasteiger partial charge in [0.1, 0.15) is 0 Å². The zero-order valence-electron chi connectivity index (χ0n) is 12.3. The van der Waals surface area contributed by atoms with E-state index in [4.69, 9.17) is 5.73 Å². The Bertz CT molecular complexity index is 253. The van der Waals surface area contributed by atoms with E-state index in [2.05, 4.69) is 12.2 Å². The average molecular weight is 254 g/mol. The van der Waals surface area contributed by atoms with E-state index in [0.29, 0.717) is 18.8 Å². The normalized spacial score (nSPS) is 20.2. The summed E-state index contributed by atoms with van der Waals surface area (Å²) in [7, 11) is 0. The summed E-state index contributed by atoms with van der Waals surface area (Å²) in [6, 6.07) is 0.261. The zero-order chi connectivity index (χ0) is 13.6. The molecule has 0 aromatic rings. The molecule has 0 aromatic heterocycles. The Kier molecular flexibility index (Phi) is 6.13. The van der Waals surface area contributed by atoms with Gasteiger partial charge in [0.25, 0.3) is 0 Å². The van der Waals surface area contributed by atoms with Gasteiger partial charge in [0, 0.05) is 6.04 Å². The van der Waals surface area contributed by atoms with E-state index in [-0.39, 0.29) is 11.9 Å². The van der Waals surface area contributed by atoms with Gasteiger partial charge in [-0.05, 0) is 38.5 Å². The van der Waals surface area contributed by atoms with Crippen LogP contribution in [-0.2, 0) is 4.79 Å². The van der Waals surface area contributed by atoms with Gasteiger partial charge in [-0.15, -0.1) is 0 Å². The highest BCUT2D eigenvalue weighted by molar-refractivity contribution is 5.86. The Morgan fingerprint density at radius 1 is 1.22 bits per heavy atom. The number of carbonyl (C=O) groups excluding carboxylic acids is 1. The van der Waals surface area contributed by atoms with Crippen LogP contribution in [0.1, 0.15) is 72.1 Å². The molecule has 0 heterocycles. The molecule has 1 amide bonds. The monoisotopic (exact) mass is 254 g/mol. The molecule has 1 aliphatic carbocycles. The number of carbonyl (C=O) groups is 1. The number of rotatable bonds is 5. The molecular weight excluding hydrogens is 224 g/mol. The Balaban J connectivity index is 2.52. The lowest BCUT2D eigenvalue weighted by atomic mass is 9.89. The first-order valence-electron chi connectivity index (χ1n) is 7.63. The molecule has 0 saturated heterocycles. The number of nitrogens with two attached hydrogens (primary N) is 1. The van der Waals surface area contributed by atoms with Crippen molar-refractivity contribution in [1.82, 2.24) is 5.32 Å². The fraction of sp³-hybridized carbons (Fsp3) is 0.933. The number of hydrogen-bond donors (Lipinski definition) is 2. The van der Waals surface area contributed by atoms with Crippen molar-refractivity contribution >= 4 is 5.91 Å². The minimum Gasteiger partial charge on any atom is -0.352 e. The van der Waals surface area contributed by atoms with E-state index in [1.54, 1.807) is 0 Å². The van der Waals surface area contributed by atoms with Gasteiger partial charge >= 0.3 is 0 Å². The highest BCUT2D eigenvalue weighted by Crippen LogP contribution is 2.26. The van der Waals surface area contributed by atoms with Crippen LogP contribution in [0.3, 0.4) is 0 Å². The van der Waals surface area contributed by atoms with E-state index in [1.807, 2.05) is 13.8 Å². The summed E-state index contributed by atoms with van der Waals surface area (Å²) in [6.45, 7) is 6.11. The van der Waals surface area contributed by atoms with Crippen LogP contribution in [0, 0.1) is 5.92 Å². The Labute approximate surface area is 112 Å². The molecular formula is C15H30N2O. The molecule has 1 aliphatic rings. The molecule has 1 rings (SSSR count). The maximum absolute atomic E-state index is 12.2. The highest BCUT2D eigenvalue weighted by atomic mass is 16.2. The van der Waals surface area contributed by atoms with Crippen LogP contribution in [0.25, 0.3) is 0 Å². The molecule has 0 spiro atoms. The van der Waals surface area contributed by atoms with Gasteiger partial charge in [0.15, 0.2) is 0 Å². The first-order chi connectivity index (χ1) is 8.53. The van der Waals surface area contributed by atoms with Crippen molar-refractivity contribution in [2.75, 3.05) is 0 Å². The molecule has 0 unspecified atom stereocenters. The lowest BCUT2D eigenvalue weighted by molar-refractivity contribution is -0.127. The molecule has 3 N–H and O–H groups in total. The SMILES string of the molecule is CCC(N)(CC)C(=O)N[C@@H](C)C1CCCCCC1. The van der Waals surface area contributed by atoms with Gasteiger partial charge in [0.2, 0.25) is 5.91 Å². The van der Waals surface area contributed by atoms with E-state index < -0.39 is 5.54 Å². The standard InChI is InChI=1S/C15H30N2O/c1-4-15(16,5-2)14(18)17-12(3)13-10-8-6-7-9-11-13/h12-13H,4-11,16H2,1-3H3,(H,17,18)/t12-/m0/s1. The summed E-state index contributed by atoms with van der Waals surface area (Å²) in [6.07, 6.45) is 9.21. The van der Waals surface area contributed by atoms with E-state index in [9.17, 15) is 4.79 Å². The largest absolute Gasteiger partial charge is 0.352 e. The molecule has 0 bridgehead atoms. The van der Waals surface area contributed by atoms with Gasteiger partial charge in [-0.2, -0.15) is 0 Å². The zero-order valence-corrected chi connectivity index (χ0v) is 12.3. The molecule has 0 radical (unpaired) electrons. The van der Waals surface area contributed by atoms with Crippen LogP contribution >= 0.6 is 0 Å². The summed E-state index contributed by atoms with van der Waals surface area (Å²) < 4.78 is 0. The third kappa shape index (κ3) is 3.98. The number of amides is 1. The minimum absolute atomic E-state index is 0.0317. The number of hydrogen-bond acceptors (Lipinski definition) is 2. The van der Waals surface area contributed by atoms with Crippen LogP contribution < -0.4 is 11.1 Å². The maximum Gasteiger partial charge on any atom is 0.240 e. The molecule has 106 valence electrons. The van der Waals surface area contributed by atoms with Gasteiger partial charge in [-0.3, -0.25) is 4.79 Å². The fourth-order valence-electron chi connectivity index (χ4n) is 2.85. The first-order valence-corrected chi connectivity index (χ1v) is 7.63. The molecule has 1 saturated carbocycles. The molecule has 0 aromatic carbocycles. The second-order valence-corrected chi connectivity index (χ2v) is 5.88. The van der Waals surface area contributed by atoms with Crippen molar-refractivity contribution in [1.29, 1.82) is 0 Å². The molecule has 3 heteroatoms. The van der Waals surface area contributed by atoms with Crippen LogP contribution in [0.5, 0.6) is 0 Å². The van der Waals surface area contributed by atoms with Crippen molar-refractivity contribution < 1.29 is 4.79 Å². The summed E-state index contributed by atoms with van der Waals surface area (Å²) in [4.78, 5) is 12.2. The second-order valence-electron chi connectivity index (χ2n) is 5.88. The smallest absolute Gasteiger partial charge is 0.240 e. The van der Waals surface area contributed by atoms with Gasteiger partial charge in [0.05, 0.1) is 5.54 Å². The van der Waals surface area contributed by atoms with Crippen molar-refractivity contribution in [2.24, 2.45) is 11.7 Å². The third-order valence-corrected chi connectivity index (χ3v) is 4.68. The van der Waals surface area contributed by atoms with Gasteiger partial charge in [-0.1, -0.05) is 39.5 Å². The van der Waals surface area contributed by atoms with E-state index >= 15 is 0 Å². The lowest BCUT2D eigenvalue weighted by Crippen LogP contribution is -2.56. The summed E-state index contributed by atoms with van der Waals surface area (Å²) in [5.74, 6) is 0.665. The van der Waals surface area contributed by atoms with Gasteiger partial charge in [-0.25, -0.2) is 0 Å². The average Bonchev–Trinajstić information content (AvgIpc) is 2.66. The molecule has 18 heavy (non-hydrogen) atoms. The quantitative estimate of drug-likeness (QED) is 0.741. The Morgan fingerprint density at radius 3 is 2.17 bits per heavy atom. The van der Waals surface area contributed by atoms with Crippen LogP contribution in [-0.4, -0.2) is 17.5 Å². The van der Waals surface area contributed by atoms with Crippen LogP contribution in [0.4, 0.5) is 0 Å². The first kappa shape index (κ1) is 15.5. The summed E-state index contributed by atoms with van der Waals surface area (Å²) in [5.41, 5.74) is 5.46. The van der Waals surface area contributed by atoms with Crippen LogP contribution in [0.15, 0.2) is 0 Å². The predicted octanol–water partition coefficient (Wildman–Crippen LogP) is 2.98. The topological polar surface area (TPSA) is 55.1 Å². The Morgan fingerprint density at radius 2 is 1.72 bits per heavy atom. The summed E-state index contributed by atoms with van der Waals surface area (Å²) >= 11 is 0. The van der Waals surface area contributed by atoms with E-state index in [1.165, 1.54) is 38.5 Å². The molecule has 1 fully saturated rings. The van der Waals surface area contributed by atoms with Crippen molar-refractivity contribution in [3.63, 3.8) is 0 Å². The third-order valence-electron chi connectivity index (χ3n) is 4.68. The maximum atomic E-state index is 12.2. The molecule has 1 atom stereocenters. The number of nitrogens with one attached hydrogen (secondary N) is 1. The summed E-state index contributed by atoms with van der Waals surface area (Å²) in [5, 5.41) is 3.16. The van der Waals surface area contributed by atoms with Crippen molar-refractivity contribution in [3.8, 4) is 0 Å². The van der Waals surface area contributed by atoms with Crippen LogP contribution in [0.2, 0.25) is 0 Å².